The second-order valence-corrected chi connectivity index (χ2v) is 5.29. The van der Waals surface area contributed by atoms with E-state index in [-0.39, 0.29) is 0 Å². The van der Waals surface area contributed by atoms with Crippen LogP contribution >= 0.6 is 0 Å². The van der Waals surface area contributed by atoms with Gasteiger partial charge < -0.3 is 15.0 Å². The lowest BCUT2D eigenvalue weighted by atomic mass is 10.1. The largest absolute Gasteiger partial charge is 0.379 e. The number of hydrogen-bond donors (Lipinski definition) is 1. The van der Waals surface area contributed by atoms with Crippen LogP contribution in [0.25, 0.3) is 0 Å². The van der Waals surface area contributed by atoms with Gasteiger partial charge in [0.15, 0.2) is 0 Å². The molecular weight excluding hydrogens is 238 g/mol. The molecule has 0 unspecified atom stereocenters. The van der Waals surface area contributed by atoms with Crippen LogP contribution in [0.2, 0.25) is 0 Å². The van der Waals surface area contributed by atoms with E-state index in [4.69, 9.17) is 4.74 Å². The number of hydrogen-bond acceptors (Lipinski definition) is 4. The number of piperazine rings is 1. The molecule has 0 spiro atoms. The molecule has 2 fully saturated rings. The Kier molecular flexibility index (Phi) is 4.33. The Balaban J connectivity index is 1.58. The Morgan fingerprint density at radius 2 is 1.63 bits per heavy atom. The fourth-order valence-corrected chi connectivity index (χ4v) is 2.75. The summed E-state index contributed by atoms with van der Waals surface area (Å²) in [6, 6.07) is 9.07. The molecule has 2 heterocycles. The molecule has 0 radical (unpaired) electrons. The average Bonchev–Trinajstić information content (AvgIpc) is 2.50. The first kappa shape index (κ1) is 12.9. The van der Waals surface area contributed by atoms with Crippen molar-refractivity contribution < 1.29 is 4.74 Å². The van der Waals surface area contributed by atoms with Crippen molar-refractivity contribution in [2.75, 3.05) is 57.4 Å². The Bertz CT molecular complexity index is 381. The summed E-state index contributed by atoms with van der Waals surface area (Å²) < 4.78 is 5.38. The van der Waals surface area contributed by atoms with E-state index >= 15 is 0 Å². The summed E-state index contributed by atoms with van der Waals surface area (Å²) in [5, 5.41) is 3.39. The number of rotatable bonds is 3. The standard InChI is InChI=1S/C15H23N3O/c1-3-15(18-7-5-16-6-8-18)4-2-14(1)13-17-9-11-19-12-10-17/h1-4,16H,5-13H2. The van der Waals surface area contributed by atoms with Crippen molar-refractivity contribution in [3.63, 3.8) is 0 Å². The second-order valence-electron chi connectivity index (χ2n) is 5.29. The van der Waals surface area contributed by atoms with E-state index in [0.717, 1.165) is 59.0 Å². The number of anilines is 1. The minimum absolute atomic E-state index is 0.874. The molecule has 2 aliphatic heterocycles. The first-order valence-electron chi connectivity index (χ1n) is 7.26. The van der Waals surface area contributed by atoms with E-state index in [2.05, 4.69) is 39.4 Å². The summed E-state index contributed by atoms with van der Waals surface area (Å²) in [6.45, 7) is 9.32. The van der Waals surface area contributed by atoms with Crippen molar-refractivity contribution in [1.82, 2.24) is 10.2 Å². The minimum atomic E-state index is 0.874. The van der Waals surface area contributed by atoms with Crippen LogP contribution in [0.5, 0.6) is 0 Å². The van der Waals surface area contributed by atoms with Gasteiger partial charge in [-0.15, -0.1) is 0 Å². The predicted octanol–water partition coefficient (Wildman–Crippen LogP) is 0.928. The van der Waals surface area contributed by atoms with Crippen LogP contribution in [-0.2, 0) is 11.3 Å². The topological polar surface area (TPSA) is 27.7 Å². The van der Waals surface area contributed by atoms with Crippen LogP contribution in [0.1, 0.15) is 5.56 Å². The van der Waals surface area contributed by atoms with Gasteiger partial charge in [-0.2, -0.15) is 0 Å². The Hall–Kier alpha value is -1.10. The maximum Gasteiger partial charge on any atom is 0.0594 e. The molecule has 3 rings (SSSR count). The van der Waals surface area contributed by atoms with Gasteiger partial charge in [0.1, 0.15) is 0 Å². The van der Waals surface area contributed by atoms with Crippen LogP contribution in [0.15, 0.2) is 24.3 Å². The molecule has 1 aromatic rings. The number of ether oxygens (including phenoxy) is 1. The van der Waals surface area contributed by atoms with Gasteiger partial charge in [-0.05, 0) is 17.7 Å². The predicted molar refractivity (Wildman–Crippen MR) is 77.6 cm³/mol. The number of morpholine rings is 1. The second kappa shape index (κ2) is 6.37. The van der Waals surface area contributed by atoms with Crippen LogP contribution < -0.4 is 10.2 Å². The van der Waals surface area contributed by atoms with E-state index in [1.807, 2.05) is 0 Å². The van der Waals surface area contributed by atoms with Crippen molar-refractivity contribution in [3.05, 3.63) is 29.8 Å². The normalized spacial score (nSPS) is 21.6. The van der Waals surface area contributed by atoms with Crippen LogP contribution in [0, 0.1) is 0 Å². The first-order valence-corrected chi connectivity index (χ1v) is 7.26. The molecule has 0 atom stereocenters. The summed E-state index contributed by atoms with van der Waals surface area (Å²) >= 11 is 0. The highest BCUT2D eigenvalue weighted by atomic mass is 16.5. The van der Waals surface area contributed by atoms with Crippen molar-refractivity contribution >= 4 is 5.69 Å². The molecule has 2 aliphatic rings. The van der Waals surface area contributed by atoms with E-state index < -0.39 is 0 Å². The van der Waals surface area contributed by atoms with Gasteiger partial charge in [-0.3, -0.25) is 4.90 Å². The van der Waals surface area contributed by atoms with E-state index in [0.29, 0.717) is 0 Å². The fourth-order valence-electron chi connectivity index (χ4n) is 2.75. The highest BCUT2D eigenvalue weighted by molar-refractivity contribution is 5.48. The quantitative estimate of drug-likeness (QED) is 0.876. The molecule has 19 heavy (non-hydrogen) atoms. The third-order valence-corrected chi connectivity index (χ3v) is 3.93. The molecule has 2 saturated heterocycles. The molecule has 0 amide bonds. The van der Waals surface area contributed by atoms with Crippen LogP contribution in [0.4, 0.5) is 5.69 Å². The lowest BCUT2D eigenvalue weighted by molar-refractivity contribution is 0.0342. The summed E-state index contributed by atoms with van der Waals surface area (Å²) in [4.78, 5) is 4.92. The zero-order chi connectivity index (χ0) is 12.9. The Labute approximate surface area is 115 Å². The van der Waals surface area contributed by atoms with E-state index in [1.165, 1.54) is 11.3 Å². The molecule has 0 aromatic heterocycles. The molecule has 104 valence electrons. The van der Waals surface area contributed by atoms with Crippen molar-refractivity contribution in [2.24, 2.45) is 0 Å². The zero-order valence-corrected chi connectivity index (χ0v) is 11.5. The SMILES string of the molecule is c1cc(N2CCNCC2)ccc1CN1CCOCC1. The smallest absolute Gasteiger partial charge is 0.0594 e. The van der Waals surface area contributed by atoms with Gasteiger partial charge in [0.25, 0.3) is 0 Å². The average molecular weight is 261 g/mol. The molecule has 4 heteroatoms. The summed E-state index contributed by atoms with van der Waals surface area (Å²) in [5.41, 5.74) is 2.76. The maximum atomic E-state index is 5.38. The Morgan fingerprint density at radius 1 is 0.947 bits per heavy atom. The van der Waals surface area contributed by atoms with Gasteiger partial charge in [0, 0.05) is 51.5 Å². The van der Waals surface area contributed by atoms with Crippen LogP contribution in [-0.4, -0.2) is 57.4 Å². The van der Waals surface area contributed by atoms with E-state index in [1.54, 1.807) is 0 Å². The summed E-state index contributed by atoms with van der Waals surface area (Å²) in [7, 11) is 0. The molecule has 4 nitrogen and oxygen atoms in total. The lowest BCUT2D eigenvalue weighted by Crippen LogP contribution is -2.43. The third-order valence-electron chi connectivity index (χ3n) is 3.93. The van der Waals surface area contributed by atoms with Gasteiger partial charge in [0.2, 0.25) is 0 Å². The molecule has 0 aliphatic carbocycles. The first-order chi connectivity index (χ1) is 9.42. The number of nitrogens with one attached hydrogen (secondary N) is 1. The fraction of sp³-hybridized carbons (Fsp3) is 0.600. The Morgan fingerprint density at radius 3 is 2.32 bits per heavy atom. The van der Waals surface area contributed by atoms with Crippen LogP contribution in [0.3, 0.4) is 0 Å². The van der Waals surface area contributed by atoms with Gasteiger partial charge in [-0.25, -0.2) is 0 Å². The minimum Gasteiger partial charge on any atom is -0.379 e. The highest BCUT2D eigenvalue weighted by Gasteiger charge is 2.12. The third kappa shape index (κ3) is 3.47. The van der Waals surface area contributed by atoms with Gasteiger partial charge >= 0.3 is 0 Å². The maximum absolute atomic E-state index is 5.38. The van der Waals surface area contributed by atoms with Crippen molar-refractivity contribution in [2.45, 2.75) is 6.54 Å². The molecule has 0 saturated carbocycles. The zero-order valence-electron chi connectivity index (χ0n) is 11.5. The number of benzene rings is 1. The molecule has 1 aromatic carbocycles. The summed E-state index contributed by atoms with van der Waals surface area (Å²) in [5.74, 6) is 0. The highest BCUT2D eigenvalue weighted by Crippen LogP contribution is 2.17. The molecular formula is C15H23N3O. The summed E-state index contributed by atoms with van der Waals surface area (Å²) in [6.07, 6.45) is 0. The monoisotopic (exact) mass is 261 g/mol. The van der Waals surface area contributed by atoms with E-state index in [9.17, 15) is 0 Å². The van der Waals surface area contributed by atoms with Crippen molar-refractivity contribution in [1.29, 1.82) is 0 Å². The van der Waals surface area contributed by atoms with Gasteiger partial charge in [0.05, 0.1) is 13.2 Å². The van der Waals surface area contributed by atoms with Gasteiger partial charge in [-0.1, -0.05) is 12.1 Å². The van der Waals surface area contributed by atoms with Crippen molar-refractivity contribution in [3.8, 4) is 0 Å². The molecule has 0 bridgehead atoms. The molecule has 1 N–H and O–H groups in total. The number of nitrogens with zero attached hydrogens (tertiary/aromatic N) is 2. The lowest BCUT2D eigenvalue weighted by Gasteiger charge is -2.30.